The molecule has 0 bridgehead atoms. The Labute approximate surface area is 78.4 Å². The number of rotatable bonds is 4. The van der Waals surface area contributed by atoms with E-state index in [1.54, 1.807) is 13.3 Å². The quantitative estimate of drug-likeness (QED) is 0.760. The van der Waals surface area contributed by atoms with Gasteiger partial charge in [0.1, 0.15) is 0 Å². The topological polar surface area (TPSA) is 42.4 Å². The molecule has 0 aromatic carbocycles. The van der Waals surface area contributed by atoms with Crippen molar-refractivity contribution >= 4 is 0 Å². The van der Waals surface area contributed by atoms with Crippen molar-refractivity contribution in [3.05, 3.63) is 23.9 Å². The highest BCUT2D eigenvalue weighted by molar-refractivity contribution is 5.17. The van der Waals surface area contributed by atoms with Gasteiger partial charge in [0.2, 0.25) is 5.88 Å². The van der Waals surface area contributed by atoms with Gasteiger partial charge in [-0.05, 0) is 17.9 Å². The summed E-state index contributed by atoms with van der Waals surface area (Å²) in [5, 5.41) is 8.85. The molecule has 0 aliphatic carbocycles. The summed E-state index contributed by atoms with van der Waals surface area (Å²) in [6, 6.07) is 3.80. The Kier molecular flexibility index (Phi) is 3.71. The number of methoxy groups -OCH3 is 1. The zero-order valence-corrected chi connectivity index (χ0v) is 8.03. The van der Waals surface area contributed by atoms with Crippen LogP contribution in [-0.4, -0.2) is 23.8 Å². The largest absolute Gasteiger partial charge is 0.481 e. The summed E-state index contributed by atoms with van der Waals surface area (Å²) in [5.41, 5.74) is 1.13. The lowest BCUT2D eigenvalue weighted by Gasteiger charge is -2.07. The summed E-state index contributed by atoms with van der Waals surface area (Å²) in [6.45, 7) is 2.22. The Morgan fingerprint density at radius 2 is 2.31 bits per heavy atom. The maximum atomic E-state index is 8.85. The molecule has 0 spiro atoms. The normalized spacial score (nSPS) is 12.5. The molecule has 0 radical (unpaired) electrons. The molecule has 3 heteroatoms. The van der Waals surface area contributed by atoms with E-state index in [9.17, 15) is 0 Å². The Hall–Kier alpha value is -1.09. The summed E-state index contributed by atoms with van der Waals surface area (Å²) >= 11 is 0. The number of hydrogen-bond donors (Lipinski definition) is 1. The first-order valence-electron chi connectivity index (χ1n) is 4.36. The fourth-order valence-corrected chi connectivity index (χ4v) is 1.12. The molecular weight excluding hydrogens is 166 g/mol. The Bertz CT molecular complexity index is 246. The van der Waals surface area contributed by atoms with Crippen molar-refractivity contribution in [2.75, 3.05) is 13.7 Å². The van der Waals surface area contributed by atoms with Crippen LogP contribution in [0.4, 0.5) is 0 Å². The number of nitrogens with zero attached hydrogens (tertiary/aromatic N) is 1. The number of aromatic nitrogens is 1. The average Bonchev–Trinajstić information content (AvgIpc) is 2.19. The molecule has 1 rings (SSSR count). The maximum Gasteiger partial charge on any atom is 0.212 e. The van der Waals surface area contributed by atoms with Crippen LogP contribution in [0.25, 0.3) is 0 Å². The van der Waals surface area contributed by atoms with Crippen LogP contribution in [0, 0.1) is 5.92 Å². The third-order valence-corrected chi connectivity index (χ3v) is 1.90. The number of pyridine rings is 1. The maximum absolute atomic E-state index is 8.85. The van der Waals surface area contributed by atoms with Crippen molar-refractivity contribution in [3.63, 3.8) is 0 Å². The molecule has 1 aromatic heterocycles. The van der Waals surface area contributed by atoms with Crippen molar-refractivity contribution in [3.8, 4) is 5.88 Å². The van der Waals surface area contributed by atoms with Crippen LogP contribution in [0.5, 0.6) is 5.88 Å². The Morgan fingerprint density at radius 1 is 1.54 bits per heavy atom. The second-order valence-electron chi connectivity index (χ2n) is 3.20. The minimum absolute atomic E-state index is 0.214. The van der Waals surface area contributed by atoms with E-state index >= 15 is 0 Å². The summed E-state index contributed by atoms with van der Waals surface area (Å²) in [4.78, 5) is 4.08. The van der Waals surface area contributed by atoms with Crippen molar-refractivity contribution < 1.29 is 9.84 Å². The summed E-state index contributed by atoms with van der Waals surface area (Å²) in [7, 11) is 1.60. The smallest absolute Gasteiger partial charge is 0.212 e. The number of aliphatic hydroxyl groups is 1. The number of ether oxygens (including phenoxy) is 1. The van der Waals surface area contributed by atoms with Crippen molar-refractivity contribution in [2.45, 2.75) is 13.3 Å². The molecule has 0 saturated carbocycles. The molecule has 72 valence electrons. The highest BCUT2D eigenvalue weighted by Crippen LogP contribution is 2.10. The minimum atomic E-state index is 0.214. The third-order valence-electron chi connectivity index (χ3n) is 1.90. The third kappa shape index (κ3) is 3.03. The zero-order chi connectivity index (χ0) is 9.68. The van der Waals surface area contributed by atoms with Gasteiger partial charge in [-0.15, -0.1) is 0 Å². The molecular formula is C10H15NO2. The lowest BCUT2D eigenvalue weighted by atomic mass is 10.0. The molecule has 13 heavy (non-hydrogen) atoms. The zero-order valence-electron chi connectivity index (χ0n) is 8.03. The molecule has 0 fully saturated rings. The molecule has 0 aliphatic rings. The van der Waals surface area contributed by atoms with Gasteiger partial charge in [0, 0.05) is 18.9 Å². The van der Waals surface area contributed by atoms with Crippen molar-refractivity contribution in [2.24, 2.45) is 5.92 Å². The molecule has 1 aromatic rings. The summed E-state index contributed by atoms with van der Waals surface area (Å²) in [6.07, 6.45) is 2.64. The fourth-order valence-electron chi connectivity index (χ4n) is 1.12. The van der Waals surface area contributed by atoms with E-state index < -0.39 is 0 Å². The van der Waals surface area contributed by atoms with Crippen LogP contribution < -0.4 is 4.74 Å². The second kappa shape index (κ2) is 4.82. The predicted molar refractivity (Wildman–Crippen MR) is 50.7 cm³/mol. The number of aliphatic hydroxyl groups excluding tert-OH is 1. The Morgan fingerprint density at radius 3 is 2.77 bits per heavy atom. The van der Waals surface area contributed by atoms with Gasteiger partial charge < -0.3 is 9.84 Å². The highest BCUT2D eigenvalue weighted by atomic mass is 16.5. The first kappa shape index (κ1) is 9.99. The average molecular weight is 181 g/mol. The molecule has 0 saturated heterocycles. The molecule has 0 unspecified atom stereocenters. The van der Waals surface area contributed by atoms with Gasteiger partial charge in [-0.1, -0.05) is 13.0 Å². The molecule has 0 aliphatic heterocycles. The minimum Gasteiger partial charge on any atom is -0.481 e. The SMILES string of the molecule is COc1ccc(C[C@@H](C)CO)cn1. The van der Waals surface area contributed by atoms with Gasteiger partial charge in [-0.2, -0.15) is 0 Å². The standard InChI is InChI=1S/C10H15NO2/c1-8(7-12)5-9-3-4-10(13-2)11-6-9/h3-4,6,8,12H,5,7H2,1-2H3/t8-/m1/s1. The fraction of sp³-hybridized carbons (Fsp3) is 0.500. The Balaban J connectivity index is 2.58. The van der Waals surface area contributed by atoms with Crippen LogP contribution >= 0.6 is 0 Å². The van der Waals surface area contributed by atoms with Gasteiger partial charge in [-0.25, -0.2) is 4.98 Å². The van der Waals surface area contributed by atoms with Gasteiger partial charge in [0.25, 0.3) is 0 Å². The van der Waals surface area contributed by atoms with Crippen LogP contribution in [0.15, 0.2) is 18.3 Å². The number of hydrogen-bond acceptors (Lipinski definition) is 3. The van der Waals surface area contributed by atoms with E-state index in [1.807, 2.05) is 19.1 Å². The van der Waals surface area contributed by atoms with E-state index in [0.29, 0.717) is 5.88 Å². The van der Waals surface area contributed by atoms with Crippen LogP contribution in [0.3, 0.4) is 0 Å². The highest BCUT2D eigenvalue weighted by Gasteiger charge is 2.02. The second-order valence-corrected chi connectivity index (χ2v) is 3.20. The summed E-state index contributed by atoms with van der Waals surface area (Å²) < 4.78 is 4.94. The van der Waals surface area contributed by atoms with E-state index in [-0.39, 0.29) is 12.5 Å². The van der Waals surface area contributed by atoms with E-state index in [1.165, 1.54) is 0 Å². The van der Waals surface area contributed by atoms with Gasteiger partial charge in [0.15, 0.2) is 0 Å². The molecule has 1 N–H and O–H groups in total. The lowest BCUT2D eigenvalue weighted by molar-refractivity contribution is 0.237. The van der Waals surface area contributed by atoms with E-state index in [0.717, 1.165) is 12.0 Å². The van der Waals surface area contributed by atoms with Crippen molar-refractivity contribution in [1.29, 1.82) is 0 Å². The molecule has 0 amide bonds. The predicted octanol–water partition coefficient (Wildman–Crippen LogP) is 1.26. The van der Waals surface area contributed by atoms with Gasteiger partial charge in [0.05, 0.1) is 7.11 Å². The van der Waals surface area contributed by atoms with Gasteiger partial charge in [-0.3, -0.25) is 0 Å². The van der Waals surface area contributed by atoms with E-state index in [2.05, 4.69) is 4.98 Å². The van der Waals surface area contributed by atoms with Crippen LogP contribution in [-0.2, 0) is 6.42 Å². The summed E-state index contributed by atoms with van der Waals surface area (Å²) in [5.74, 6) is 0.913. The lowest BCUT2D eigenvalue weighted by Crippen LogP contribution is -2.04. The van der Waals surface area contributed by atoms with Crippen LogP contribution in [0.1, 0.15) is 12.5 Å². The molecule has 1 heterocycles. The van der Waals surface area contributed by atoms with Crippen molar-refractivity contribution in [1.82, 2.24) is 4.98 Å². The molecule has 3 nitrogen and oxygen atoms in total. The van der Waals surface area contributed by atoms with Gasteiger partial charge >= 0.3 is 0 Å². The monoisotopic (exact) mass is 181 g/mol. The van der Waals surface area contributed by atoms with Crippen LogP contribution in [0.2, 0.25) is 0 Å². The van der Waals surface area contributed by atoms with E-state index in [4.69, 9.17) is 9.84 Å². The first-order chi connectivity index (χ1) is 6.26. The first-order valence-corrected chi connectivity index (χ1v) is 4.36. The molecule has 1 atom stereocenters.